The van der Waals surface area contributed by atoms with Crippen LogP contribution in [-0.4, -0.2) is 11.1 Å². The molecule has 0 aliphatic rings. The lowest BCUT2D eigenvalue weighted by atomic mass is 9.94. The summed E-state index contributed by atoms with van der Waals surface area (Å²) in [4.78, 5) is 11.1. The first-order chi connectivity index (χ1) is 14.3. The minimum atomic E-state index is -0.912. The van der Waals surface area contributed by atoms with Gasteiger partial charge in [-0.2, -0.15) is 0 Å². The Balaban J connectivity index is 1.94. The topological polar surface area (TPSA) is 72.5 Å². The molecule has 0 spiro atoms. The van der Waals surface area contributed by atoms with Crippen LogP contribution >= 0.6 is 0 Å². The van der Waals surface area contributed by atoms with E-state index in [4.69, 9.17) is 15.6 Å². The van der Waals surface area contributed by atoms with Gasteiger partial charge in [-0.25, -0.2) is 4.39 Å². The quantitative estimate of drug-likeness (QED) is 0.555. The first-order valence-electron chi connectivity index (χ1n) is 9.85. The second-order valence-corrected chi connectivity index (χ2v) is 7.54. The van der Waals surface area contributed by atoms with Gasteiger partial charge in [0.05, 0.1) is 6.42 Å². The van der Waals surface area contributed by atoms with Crippen LogP contribution in [0, 0.1) is 19.7 Å². The van der Waals surface area contributed by atoms with Gasteiger partial charge >= 0.3 is 5.97 Å². The molecule has 0 unspecified atom stereocenters. The molecule has 30 heavy (non-hydrogen) atoms. The molecule has 0 saturated carbocycles. The molecule has 3 N–H and O–H groups in total. The van der Waals surface area contributed by atoms with Crippen molar-refractivity contribution in [2.75, 3.05) is 0 Å². The molecular formula is C25H26FNO3. The standard InChI is InChI=1S/C25H26FNO3/c1-15-11-19(22-9-6-8-21(17(3)27)25(22)26)12-20(16(15)2)14-30-23-10-5-4-7-18(23)13-24(28)29/h4-12,17H,13-14,27H2,1-3H3,(H,28,29)/t17-/m1/s1. The van der Waals surface area contributed by atoms with Crippen LogP contribution in [0.2, 0.25) is 0 Å². The van der Waals surface area contributed by atoms with Crippen LogP contribution in [-0.2, 0) is 17.8 Å². The van der Waals surface area contributed by atoms with Gasteiger partial charge in [0.15, 0.2) is 0 Å². The highest BCUT2D eigenvalue weighted by atomic mass is 19.1. The van der Waals surface area contributed by atoms with Gasteiger partial charge < -0.3 is 15.6 Å². The molecule has 0 saturated heterocycles. The number of rotatable bonds is 7. The minimum Gasteiger partial charge on any atom is -0.489 e. The fourth-order valence-electron chi connectivity index (χ4n) is 3.47. The summed E-state index contributed by atoms with van der Waals surface area (Å²) < 4.78 is 21.0. The Labute approximate surface area is 176 Å². The molecule has 0 heterocycles. The Bertz CT molecular complexity index is 1080. The zero-order valence-electron chi connectivity index (χ0n) is 17.4. The van der Waals surface area contributed by atoms with Gasteiger partial charge in [0.1, 0.15) is 18.2 Å². The molecule has 4 nitrogen and oxygen atoms in total. The predicted molar refractivity (Wildman–Crippen MR) is 116 cm³/mol. The van der Waals surface area contributed by atoms with Gasteiger partial charge in [0.2, 0.25) is 0 Å². The van der Waals surface area contributed by atoms with E-state index >= 15 is 4.39 Å². The number of hydrogen-bond acceptors (Lipinski definition) is 3. The van der Waals surface area contributed by atoms with Gasteiger partial charge in [-0.1, -0.05) is 42.5 Å². The molecule has 0 aliphatic carbocycles. The van der Waals surface area contributed by atoms with Crippen molar-refractivity contribution in [1.82, 2.24) is 0 Å². The van der Waals surface area contributed by atoms with Crippen molar-refractivity contribution >= 4 is 5.97 Å². The van der Waals surface area contributed by atoms with Crippen molar-refractivity contribution in [3.63, 3.8) is 0 Å². The van der Waals surface area contributed by atoms with Gasteiger partial charge in [0.25, 0.3) is 0 Å². The van der Waals surface area contributed by atoms with Crippen molar-refractivity contribution in [3.05, 3.63) is 88.2 Å². The molecule has 0 fully saturated rings. The molecule has 0 amide bonds. The van der Waals surface area contributed by atoms with Crippen molar-refractivity contribution in [1.29, 1.82) is 0 Å². The number of carboxylic acid groups (broad SMARTS) is 1. The smallest absolute Gasteiger partial charge is 0.307 e. The Morgan fingerprint density at radius 1 is 1.10 bits per heavy atom. The van der Waals surface area contributed by atoms with Crippen molar-refractivity contribution in [2.45, 2.75) is 39.8 Å². The summed E-state index contributed by atoms with van der Waals surface area (Å²) in [7, 11) is 0. The molecule has 5 heteroatoms. The number of halogens is 1. The fraction of sp³-hybridized carbons (Fsp3) is 0.240. The van der Waals surface area contributed by atoms with E-state index in [-0.39, 0.29) is 18.8 Å². The number of hydrogen-bond donors (Lipinski definition) is 2. The summed E-state index contributed by atoms with van der Waals surface area (Å²) in [6, 6.07) is 15.8. The lowest BCUT2D eigenvalue weighted by molar-refractivity contribution is -0.136. The van der Waals surface area contributed by atoms with Crippen LogP contribution in [0.4, 0.5) is 4.39 Å². The molecule has 156 valence electrons. The first kappa shape index (κ1) is 21.5. The van der Waals surface area contributed by atoms with Crippen molar-refractivity contribution in [3.8, 4) is 16.9 Å². The number of nitrogens with two attached hydrogens (primary N) is 1. The Kier molecular flexibility index (Phi) is 6.53. The third-order valence-corrected chi connectivity index (χ3v) is 5.30. The van der Waals surface area contributed by atoms with Crippen LogP contribution in [0.1, 0.15) is 40.8 Å². The largest absolute Gasteiger partial charge is 0.489 e. The molecular weight excluding hydrogens is 381 g/mol. The summed E-state index contributed by atoms with van der Waals surface area (Å²) in [5.74, 6) is -0.688. The fourth-order valence-corrected chi connectivity index (χ4v) is 3.47. The van der Waals surface area contributed by atoms with Gasteiger partial charge in [-0.3, -0.25) is 4.79 Å². The lowest BCUT2D eigenvalue weighted by Gasteiger charge is -2.16. The third-order valence-electron chi connectivity index (χ3n) is 5.30. The van der Waals surface area contributed by atoms with Crippen LogP contribution < -0.4 is 10.5 Å². The van der Waals surface area contributed by atoms with Gasteiger partial charge in [-0.15, -0.1) is 0 Å². The highest BCUT2D eigenvalue weighted by Crippen LogP contribution is 2.31. The zero-order chi connectivity index (χ0) is 21.8. The van der Waals surface area contributed by atoms with E-state index in [2.05, 4.69) is 0 Å². The van der Waals surface area contributed by atoms with E-state index in [1.54, 1.807) is 37.3 Å². The number of para-hydroxylation sites is 1. The highest BCUT2D eigenvalue weighted by molar-refractivity contribution is 5.71. The molecule has 0 radical (unpaired) electrons. The first-order valence-corrected chi connectivity index (χ1v) is 9.85. The average molecular weight is 407 g/mol. The van der Waals surface area contributed by atoms with E-state index in [0.29, 0.717) is 22.4 Å². The summed E-state index contributed by atoms with van der Waals surface area (Å²) in [5.41, 5.74) is 11.3. The number of carboxylic acids is 1. The molecule has 0 aromatic heterocycles. The summed E-state index contributed by atoms with van der Waals surface area (Å²) in [6.07, 6.45) is -0.108. The van der Waals surface area contributed by atoms with Crippen LogP contribution in [0.5, 0.6) is 5.75 Å². The maximum atomic E-state index is 15.0. The van der Waals surface area contributed by atoms with E-state index in [1.807, 2.05) is 38.1 Å². The van der Waals surface area contributed by atoms with Crippen LogP contribution in [0.25, 0.3) is 11.1 Å². The van der Waals surface area contributed by atoms with Gasteiger partial charge in [-0.05, 0) is 55.2 Å². The molecule has 0 aliphatic heterocycles. The number of benzene rings is 3. The number of carbonyl (C=O) groups is 1. The second-order valence-electron chi connectivity index (χ2n) is 7.54. The van der Waals surface area contributed by atoms with Gasteiger partial charge in [0, 0.05) is 22.7 Å². The molecule has 3 rings (SSSR count). The van der Waals surface area contributed by atoms with Crippen molar-refractivity contribution in [2.24, 2.45) is 5.73 Å². The van der Waals surface area contributed by atoms with E-state index in [0.717, 1.165) is 22.3 Å². The van der Waals surface area contributed by atoms with Crippen LogP contribution in [0.3, 0.4) is 0 Å². The summed E-state index contributed by atoms with van der Waals surface area (Å²) in [6.45, 7) is 5.99. The monoisotopic (exact) mass is 407 g/mol. The van der Waals surface area contributed by atoms with Crippen LogP contribution in [0.15, 0.2) is 54.6 Å². The summed E-state index contributed by atoms with van der Waals surface area (Å²) in [5, 5.41) is 9.11. The molecule has 1 atom stereocenters. The summed E-state index contributed by atoms with van der Waals surface area (Å²) >= 11 is 0. The maximum Gasteiger partial charge on any atom is 0.307 e. The molecule has 3 aromatic carbocycles. The Morgan fingerprint density at radius 2 is 1.83 bits per heavy atom. The number of aryl methyl sites for hydroxylation is 1. The van der Waals surface area contributed by atoms with E-state index in [1.165, 1.54) is 0 Å². The third kappa shape index (κ3) is 4.69. The van der Waals surface area contributed by atoms with Crippen molar-refractivity contribution < 1.29 is 19.0 Å². The normalized spacial score (nSPS) is 11.9. The Morgan fingerprint density at radius 3 is 2.53 bits per heavy atom. The maximum absolute atomic E-state index is 15.0. The highest BCUT2D eigenvalue weighted by Gasteiger charge is 2.15. The molecule has 3 aromatic rings. The second kappa shape index (κ2) is 9.09. The average Bonchev–Trinajstić information content (AvgIpc) is 2.69. The number of aliphatic carboxylic acids is 1. The lowest BCUT2D eigenvalue weighted by Crippen LogP contribution is -2.08. The van der Waals surface area contributed by atoms with E-state index in [9.17, 15) is 4.79 Å². The Hall–Kier alpha value is -3.18. The zero-order valence-corrected chi connectivity index (χ0v) is 17.4. The molecule has 0 bridgehead atoms. The SMILES string of the molecule is Cc1cc(-c2cccc([C@@H](C)N)c2F)cc(COc2ccccc2CC(=O)O)c1C. The number of ether oxygens (including phenoxy) is 1. The van der Waals surface area contributed by atoms with E-state index < -0.39 is 12.0 Å². The minimum absolute atomic E-state index is 0.108. The predicted octanol–water partition coefficient (Wildman–Crippen LogP) is 5.34.